The molecule has 3 atom stereocenters. The Balaban J connectivity index is 2.57. The highest BCUT2D eigenvalue weighted by molar-refractivity contribution is 6.38. The Morgan fingerprint density at radius 3 is 2.17 bits per heavy atom. The maximum Gasteiger partial charge on any atom is 0.125 e. The molecule has 1 rings (SSSR count). The molecule has 0 bridgehead atoms. The van der Waals surface area contributed by atoms with Gasteiger partial charge in [-0.3, -0.25) is 0 Å². The molecule has 0 amide bonds. The van der Waals surface area contributed by atoms with E-state index in [-0.39, 0.29) is 0 Å². The first-order chi connectivity index (χ1) is 5.41. The Morgan fingerprint density at radius 1 is 1.17 bits per heavy atom. The summed E-state index contributed by atoms with van der Waals surface area (Å²) in [6, 6.07) is 0. The molecular weight excluding hydrogens is 143 g/mol. The smallest absolute Gasteiger partial charge is 0.0746 e. The maximum atomic E-state index is 2.44. The van der Waals surface area contributed by atoms with Gasteiger partial charge >= 0.3 is 0 Å². The molecule has 0 saturated carbocycles. The van der Waals surface area contributed by atoms with E-state index in [1.54, 1.807) is 0 Å². The van der Waals surface area contributed by atoms with Crippen LogP contribution in [0.4, 0.5) is 0 Å². The summed E-state index contributed by atoms with van der Waals surface area (Å²) in [5, 5.41) is 0. The quantitative estimate of drug-likeness (QED) is 0.484. The Kier molecular flexibility index (Phi) is 2.90. The van der Waals surface area contributed by atoms with Gasteiger partial charge in [0.05, 0.1) is 0 Å². The Hall–Kier alpha value is 0.0649. The summed E-state index contributed by atoms with van der Waals surface area (Å²) in [5.74, 6) is 2.86. The van der Waals surface area contributed by atoms with Crippen molar-refractivity contribution in [3.8, 4) is 0 Å². The fourth-order valence-electron chi connectivity index (χ4n) is 2.95. The van der Waals surface area contributed by atoms with E-state index in [1.165, 1.54) is 20.0 Å². The van der Waals surface area contributed by atoms with Gasteiger partial charge in [-0.05, 0) is 17.8 Å². The first kappa shape index (κ1) is 10.1. The van der Waals surface area contributed by atoms with Gasteiger partial charge < -0.3 is 0 Å². The van der Waals surface area contributed by atoms with Crippen molar-refractivity contribution in [2.45, 2.75) is 53.2 Å². The second-order valence-electron chi connectivity index (χ2n) is 5.87. The van der Waals surface area contributed by atoms with E-state index in [1.807, 2.05) is 0 Å². The molecule has 0 aromatic rings. The summed E-state index contributed by atoms with van der Waals surface area (Å²) in [5.41, 5.74) is 0.527. The largest absolute Gasteiger partial charge is 0.125 e. The van der Waals surface area contributed by atoms with E-state index in [4.69, 9.17) is 0 Å². The van der Waals surface area contributed by atoms with Gasteiger partial charge in [-0.25, -0.2) is 0 Å². The van der Waals surface area contributed by atoms with Gasteiger partial charge in [0.2, 0.25) is 0 Å². The molecule has 3 unspecified atom stereocenters. The van der Waals surface area contributed by atoms with Crippen LogP contribution in [0.3, 0.4) is 0 Å². The predicted octanol–water partition coefficient (Wildman–Crippen LogP) is 3.35. The monoisotopic (exact) mass is 166 g/mol. The summed E-state index contributed by atoms with van der Waals surface area (Å²) in [7, 11) is 1.45. The van der Waals surface area contributed by atoms with Crippen LogP contribution in [-0.2, 0) is 0 Å². The lowest BCUT2D eigenvalue weighted by Gasteiger charge is -2.40. The van der Waals surface area contributed by atoms with Gasteiger partial charge in [0.15, 0.2) is 0 Å². The minimum atomic E-state index is 0.527. The second-order valence-corrected chi connectivity index (χ2v) is 5.87. The molecule has 0 aromatic carbocycles. The third kappa shape index (κ3) is 2.28. The SMILES string of the molecule is CC1CBC(C(C)(C)C)C(C)C1. The molecule has 0 spiro atoms. The van der Waals surface area contributed by atoms with E-state index >= 15 is 0 Å². The Bertz CT molecular complexity index is 146. The molecule has 1 fully saturated rings. The zero-order valence-electron chi connectivity index (χ0n) is 9.35. The van der Waals surface area contributed by atoms with E-state index in [2.05, 4.69) is 34.6 Å². The number of rotatable bonds is 0. The molecule has 1 aliphatic rings. The molecule has 12 heavy (non-hydrogen) atoms. The first-order valence-corrected chi connectivity index (χ1v) is 5.41. The van der Waals surface area contributed by atoms with Crippen molar-refractivity contribution in [1.29, 1.82) is 0 Å². The molecule has 1 saturated heterocycles. The lowest BCUT2D eigenvalue weighted by atomic mass is 9.43. The van der Waals surface area contributed by atoms with Crippen LogP contribution in [0.5, 0.6) is 0 Å². The van der Waals surface area contributed by atoms with Crippen LogP contribution in [0.15, 0.2) is 0 Å². The molecule has 1 heterocycles. The molecule has 70 valence electrons. The second kappa shape index (κ2) is 3.43. The van der Waals surface area contributed by atoms with Crippen LogP contribution < -0.4 is 0 Å². The number of hydrogen-bond acceptors (Lipinski definition) is 0. The van der Waals surface area contributed by atoms with Crippen molar-refractivity contribution >= 4 is 7.28 Å². The van der Waals surface area contributed by atoms with E-state index in [0.717, 1.165) is 17.7 Å². The van der Waals surface area contributed by atoms with Gasteiger partial charge in [0, 0.05) is 0 Å². The van der Waals surface area contributed by atoms with Crippen LogP contribution in [-0.4, -0.2) is 7.28 Å². The van der Waals surface area contributed by atoms with E-state index < -0.39 is 0 Å². The standard InChI is InChI=1S/C11H23B/c1-8-6-9(2)10(12-7-8)11(3,4)5/h8-10,12H,6-7H2,1-5H3. The molecule has 1 aliphatic heterocycles. The average molecular weight is 166 g/mol. The molecule has 0 radical (unpaired) electrons. The lowest BCUT2D eigenvalue weighted by molar-refractivity contribution is 0.260. The van der Waals surface area contributed by atoms with Gasteiger partial charge in [-0.2, -0.15) is 0 Å². The highest BCUT2D eigenvalue weighted by atomic mass is 14.3. The zero-order chi connectivity index (χ0) is 9.35. The predicted molar refractivity (Wildman–Crippen MR) is 58.1 cm³/mol. The highest BCUT2D eigenvalue weighted by Crippen LogP contribution is 2.44. The van der Waals surface area contributed by atoms with E-state index in [0.29, 0.717) is 5.41 Å². The third-order valence-corrected chi connectivity index (χ3v) is 3.54. The Labute approximate surface area is 78.4 Å². The molecule has 1 heteroatoms. The number of hydrogen-bond donors (Lipinski definition) is 0. The van der Waals surface area contributed by atoms with Crippen LogP contribution in [0, 0.1) is 17.3 Å². The molecule has 0 aromatic heterocycles. The van der Waals surface area contributed by atoms with Crippen molar-refractivity contribution in [1.82, 2.24) is 0 Å². The summed E-state index contributed by atoms with van der Waals surface area (Å²) in [4.78, 5) is 0. The van der Waals surface area contributed by atoms with Crippen LogP contribution >= 0.6 is 0 Å². The third-order valence-electron chi connectivity index (χ3n) is 3.54. The van der Waals surface area contributed by atoms with Crippen LogP contribution in [0.1, 0.15) is 41.0 Å². The molecular formula is C11H23B. The highest BCUT2D eigenvalue weighted by Gasteiger charge is 2.34. The van der Waals surface area contributed by atoms with Crippen LogP contribution in [0.25, 0.3) is 0 Å². The van der Waals surface area contributed by atoms with Crippen molar-refractivity contribution < 1.29 is 0 Å². The molecule has 0 N–H and O–H groups in total. The summed E-state index contributed by atoms with van der Waals surface area (Å²) >= 11 is 0. The van der Waals surface area contributed by atoms with Crippen molar-refractivity contribution in [2.75, 3.05) is 0 Å². The molecule has 0 nitrogen and oxygen atoms in total. The normalized spacial score (nSPS) is 37.6. The average Bonchev–Trinajstić information content (AvgIpc) is 1.83. The topological polar surface area (TPSA) is 0 Å². The van der Waals surface area contributed by atoms with Crippen molar-refractivity contribution in [3.63, 3.8) is 0 Å². The van der Waals surface area contributed by atoms with Crippen LogP contribution in [0.2, 0.25) is 12.1 Å². The Morgan fingerprint density at radius 2 is 1.75 bits per heavy atom. The summed E-state index contributed by atoms with van der Waals surface area (Å²) in [6.07, 6.45) is 2.90. The maximum absolute atomic E-state index is 2.44. The van der Waals surface area contributed by atoms with Gasteiger partial charge in [0.25, 0.3) is 0 Å². The molecule has 0 aliphatic carbocycles. The van der Waals surface area contributed by atoms with Gasteiger partial charge in [-0.1, -0.05) is 52.7 Å². The minimum Gasteiger partial charge on any atom is -0.0746 e. The van der Waals surface area contributed by atoms with Gasteiger partial charge in [-0.15, -0.1) is 0 Å². The van der Waals surface area contributed by atoms with Crippen molar-refractivity contribution in [3.05, 3.63) is 0 Å². The summed E-state index contributed by atoms with van der Waals surface area (Å²) in [6.45, 7) is 12.0. The van der Waals surface area contributed by atoms with Crippen molar-refractivity contribution in [2.24, 2.45) is 17.3 Å². The minimum absolute atomic E-state index is 0.527. The lowest BCUT2D eigenvalue weighted by Crippen LogP contribution is -2.32. The zero-order valence-corrected chi connectivity index (χ0v) is 9.35. The van der Waals surface area contributed by atoms with E-state index in [9.17, 15) is 0 Å². The van der Waals surface area contributed by atoms with Gasteiger partial charge in [0.1, 0.15) is 7.28 Å². The fraction of sp³-hybridized carbons (Fsp3) is 1.00. The first-order valence-electron chi connectivity index (χ1n) is 5.41. The summed E-state index contributed by atoms with van der Waals surface area (Å²) < 4.78 is 0. The fourth-order valence-corrected chi connectivity index (χ4v) is 2.95.